The summed E-state index contributed by atoms with van der Waals surface area (Å²) in [6, 6.07) is 10.6. The Hall–Kier alpha value is -2.28. The fourth-order valence-electron chi connectivity index (χ4n) is 1.86. The van der Waals surface area contributed by atoms with Gasteiger partial charge in [-0.1, -0.05) is 32.9 Å². The van der Waals surface area contributed by atoms with Gasteiger partial charge in [-0.2, -0.15) is 0 Å². The molecule has 0 aliphatic heterocycles. The van der Waals surface area contributed by atoms with Crippen molar-refractivity contribution in [3.63, 3.8) is 0 Å². The molecule has 2 rings (SSSR count). The third-order valence-corrected chi connectivity index (χ3v) is 3.63. The summed E-state index contributed by atoms with van der Waals surface area (Å²) in [7, 11) is 0. The predicted molar refractivity (Wildman–Crippen MR) is 92.7 cm³/mol. The first kappa shape index (κ1) is 18.1. The summed E-state index contributed by atoms with van der Waals surface area (Å²) < 4.78 is 10.9. The topological polar surface area (TPSA) is 80.6 Å². The van der Waals surface area contributed by atoms with Crippen LogP contribution in [0.1, 0.15) is 36.9 Å². The van der Waals surface area contributed by atoms with Crippen molar-refractivity contribution in [2.75, 3.05) is 6.61 Å². The zero-order chi connectivity index (χ0) is 17.7. The van der Waals surface area contributed by atoms with Crippen molar-refractivity contribution in [2.45, 2.75) is 26.2 Å². The summed E-state index contributed by atoms with van der Waals surface area (Å²) in [5, 5.41) is 0. The highest BCUT2D eigenvalue weighted by Crippen LogP contribution is 2.24. The van der Waals surface area contributed by atoms with Gasteiger partial charge in [-0.05, 0) is 51.2 Å². The van der Waals surface area contributed by atoms with E-state index in [1.807, 2.05) is 24.3 Å². The average Bonchev–Trinajstić information content (AvgIpc) is 2.96. The molecule has 0 aliphatic rings. The Morgan fingerprint density at radius 3 is 2.29 bits per heavy atom. The lowest BCUT2D eigenvalue weighted by molar-refractivity contribution is -0.123. The van der Waals surface area contributed by atoms with E-state index in [0.717, 1.165) is 0 Å². The second-order valence-electron chi connectivity index (χ2n) is 6.17. The number of carbonyl (C=O) groups is 2. The van der Waals surface area contributed by atoms with Crippen molar-refractivity contribution in [1.29, 1.82) is 0 Å². The molecular formula is C17H19BrN2O4. The molecule has 2 N–H and O–H groups in total. The van der Waals surface area contributed by atoms with Gasteiger partial charge in [0.15, 0.2) is 17.0 Å². The van der Waals surface area contributed by atoms with Crippen LogP contribution in [0.3, 0.4) is 0 Å². The molecule has 1 heterocycles. The molecule has 0 aliphatic carbocycles. The minimum atomic E-state index is -0.552. The standard InChI is InChI=1S/C17H19BrN2O4/c1-17(2,3)11-4-6-12(7-5-11)23-10-15(21)19-20-16(22)13-8-9-14(18)24-13/h4-9H,10H2,1-3H3,(H,19,21)(H,20,22). The van der Waals surface area contributed by atoms with Crippen LogP contribution in [0.5, 0.6) is 5.75 Å². The Bertz CT molecular complexity index is 717. The van der Waals surface area contributed by atoms with E-state index in [4.69, 9.17) is 9.15 Å². The Morgan fingerprint density at radius 1 is 1.08 bits per heavy atom. The minimum absolute atomic E-state index is 0.0566. The monoisotopic (exact) mass is 394 g/mol. The normalized spacial score (nSPS) is 11.0. The van der Waals surface area contributed by atoms with Crippen LogP contribution in [-0.2, 0) is 10.2 Å². The number of halogens is 1. The number of carbonyl (C=O) groups excluding carboxylic acids is 2. The van der Waals surface area contributed by atoms with Crippen molar-refractivity contribution < 1.29 is 18.7 Å². The van der Waals surface area contributed by atoms with E-state index < -0.39 is 11.8 Å². The van der Waals surface area contributed by atoms with Crippen LogP contribution in [0.2, 0.25) is 0 Å². The van der Waals surface area contributed by atoms with Gasteiger partial charge in [0.2, 0.25) is 0 Å². The van der Waals surface area contributed by atoms with E-state index in [0.29, 0.717) is 10.4 Å². The molecule has 128 valence electrons. The van der Waals surface area contributed by atoms with Crippen LogP contribution in [0, 0.1) is 0 Å². The molecule has 1 aromatic heterocycles. The Labute approximate surface area is 148 Å². The highest BCUT2D eigenvalue weighted by Gasteiger charge is 2.14. The molecule has 0 saturated carbocycles. The molecule has 7 heteroatoms. The van der Waals surface area contributed by atoms with E-state index in [9.17, 15) is 9.59 Å². The number of nitrogens with one attached hydrogen (secondary N) is 2. The van der Waals surface area contributed by atoms with Crippen LogP contribution in [-0.4, -0.2) is 18.4 Å². The molecule has 6 nitrogen and oxygen atoms in total. The molecule has 0 spiro atoms. The summed E-state index contributed by atoms with van der Waals surface area (Å²) >= 11 is 3.09. The number of benzene rings is 1. The molecule has 0 unspecified atom stereocenters. The maximum atomic E-state index is 11.7. The highest BCUT2D eigenvalue weighted by molar-refractivity contribution is 9.10. The van der Waals surface area contributed by atoms with Gasteiger partial charge in [-0.15, -0.1) is 0 Å². The largest absolute Gasteiger partial charge is 0.484 e. The van der Waals surface area contributed by atoms with Crippen molar-refractivity contribution in [3.8, 4) is 5.75 Å². The number of hydrazine groups is 1. The van der Waals surface area contributed by atoms with E-state index in [-0.39, 0.29) is 17.8 Å². The van der Waals surface area contributed by atoms with E-state index in [1.165, 1.54) is 11.6 Å². The predicted octanol–water partition coefficient (Wildman–Crippen LogP) is 3.18. The molecular weight excluding hydrogens is 376 g/mol. The molecule has 2 aromatic rings. The van der Waals surface area contributed by atoms with Crippen LogP contribution in [0.15, 0.2) is 45.5 Å². The average molecular weight is 395 g/mol. The first-order chi connectivity index (χ1) is 11.3. The summed E-state index contributed by atoms with van der Waals surface area (Å²) in [6.45, 7) is 6.15. The van der Waals surface area contributed by atoms with Crippen molar-refractivity contribution in [2.24, 2.45) is 0 Å². The van der Waals surface area contributed by atoms with Gasteiger partial charge in [0.25, 0.3) is 5.91 Å². The number of hydrogen-bond acceptors (Lipinski definition) is 4. The molecule has 0 radical (unpaired) electrons. The summed E-state index contributed by atoms with van der Waals surface area (Å²) in [6.07, 6.45) is 0. The number of furan rings is 1. The molecule has 0 bridgehead atoms. The Balaban J connectivity index is 1.78. The first-order valence-corrected chi connectivity index (χ1v) is 8.13. The number of amides is 2. The lowest BCUT2D eigenvalue weighted by atomic mass is 9.87. The van der Waals surface area contributed by atoms with Crippen LogP contribution in [0.4, 0.5) is 0 Å². The molecule has 0 atom stereocenters. The highest BCUT2D eigenvalue weighted by atomic mass is 79.9. The van der Waals surface area contributed by atoms with Crippen LogP contribution < -0.4 is 15.6 Å². The third-order valence-electron chi connectivity index (χ3n) is 3.20. The molecule has 0 fully saturated rings. The molecule has 0 saturated heterocycles. The van der Waals surface area contributed by atoms with Gasteiger partial charge < -0.3 is 9.15 Å². The number of rotatable bonds is 4. The molecule has 24 heavy (non-hydrogen) atoms. The van der Waals surface area contributed by atoms with Gasteiger partial charge in [0.1, 0.15) is 5.75 Å². The Morgan fingerprint density at radius 2 is 1.75 bits per heavy atom. The number of hydrogen-bond donors (Lipinski definition) is 2. The maximum Gasteiger partial charge on any atom is 0.305 e. The minimum Gasteiger partial charge on any atom is -0.484 e. The quantitative estimate of drug-likeness (QED) is 0.780. The fraction of sp³-hybridized carbons (Fsp3) is 0.294. The second kappa shape index (κ2) is 7.53. The zero-order valence-electron chi connectivity index (χ0n) is 13.7. The van der Waals surface area contributed by atoms with Crippen LogP contribution in [0.25, 0.3) is 0 Å². The maximum absolute atomic E-state index is 11.7. The van der Waals surface area contributed by atoms with Gasteiger partial charge in [0.05, 0.1) is 0 Å². The van der Waals surface area contributed by atoms with Gasteiger partial charge in [-0.25, -0.2) is 0 Å². The van der Waals surface area contributed by atoms with E-state index >= 15 is 0 Å². The number of ether oxygens (including phenoxy) is 1. The SMILES string of the molecule is CC(C)(C)c1ccc(OCC(=O)NNC(=O)c2ccc(Br)o2)cc1. The third kappa shape index (κ3) is 5.13. The smallest absolute Gasteiger partial charge is 0.305 e. The molecule has 2 amide bonds. The second-order valence-corrected chi connectivity index (χ2v) is 6.95. The van der Waals surface area contributed by atoms with Crippen molar-refractivity contribution in [3.05, 3.63) is 52.4 Å². The van der Waals surface area contributed by atoms with Gasteiger partial charge in [-0.3, -0.25) is 20.4 Å². The fourth-order valence-corrected chi connectivity index (χ4v) is 2.17. The zero-order valence-corrected chi connectivity index (χ0v) is 15.3. The van der Waals surface area contributed by atoms with Crippen molar-refractivity contribution in [1.82, 2.24) is 10.9 Å². The van der Waals surface area contributed by atoms with Gasteiger partial charge in [0, 0.05) is 0 Å². The lowest BCUT2D eigenvalue weighted by Crippen LogP contribution is -2.43. The van der Waals surface area contributed by atoms with Crippen molar-refractivity contribution >= 4 is 27.7 Å². The summed E-state index contributed by atoms with van der Waals surface area (Å²) in [5.41, 5.74) is 5.74. The Kier molecular flexibility index (Phi) is 5.66. The summed E-state index contributed by atoms with van der Waals surface area (Å²) in [5.74, 6) is -0.363. The molecule has 1 aromatic carbocycles. The first-order valence-electron chi connectivity index (χ1n) is 7.33. The van der Waals surface area contributed by atoms with E-state index in [1.54, 1.807) is 6.07 Å². The van der Waals surface area contributed by atoms with Crippen LogP contribution >= 0.6 is 15.9 Å². The lowest BCUT2D eigenvalue weighted by Gasteiger charge is -2.19. The van der Waals surface area contributed by atoms with Gasteiger partial charge >= 0.3 is 5.91 Å². The summed E-state index contributed by atoms with van der Waals surface area (Å²) in [4.78, 5) is 23.4. The van der Waals surface area contributed by atoms with E-state index in [2.05, 4.69) is 47.6 Å².